The van der Waals surface area contributed by atoms with Gasteiger partial charge in [-0.2, -0.15) is 0 Å². The van der Waals surface area contributed by atoms with Gasteiger partial charge >= 0.3 is 0 Å². The molecule has 0 spiro atoms. The summed E-state index contributed by atoms with van der Waals surface area (Å²) < 4.78 is 2.54. The molecule has 2 aliphatic rings. The zero-order chi connectivity index (χ0) is 52.2. The molecule has 4 nitrogen and oxygen atoms in total. The molecule has 1 aliphatic carbocycles. The third kappa shape index (κ3) is 6.98. The average Bonchev–Trinajstić information content (AvgIpc) is 4.18. The second kappa shape index (κ2) is 17.6. The van der Waals surface area contributed by atoms with Crippen LogP contribution in [0, 0.1) is 0 Å². The van der Waals surface area contributed by atoms with Gasteiger partial charge in [-0.15, -0.1) is 0 Å². The Labute approximate surface area is 458 Å². The van der Waals surface area contributed by atoms with Crippen molar-refractivity contribution in [3.63, 3.8) is 0 Å². The highest BCUT2D eigenvalue weighted by molar-refractivity contribution is 6.21. The Morgan fingerprint density at radius 3 is 1.59 bits per heavy atom. The molecule has 1 aliphatic heterocycles. The molecule has 2 aromatic heterocycles. The third-order valence-electron chi connectivity index (χ3n) is 16.8. The summed E-state index contributed by atoms with van der Waals surface area (Å²) in [5.74, 6) is 1.83. The molecule has 16 rings (SSSR count). The van der Waals surface area contributed by atoms with Gasteiger partial charge in [0.25, 0.3) is 0 Å². The van der Waals surface area contributed by atoms with Gasteiger partial charge in [0.1, 0.15) is 0 Å². The first kappa shape index (κ1) is 45.0. The van der Waals surface area contributed by atoms with Crippen molar-refractivity contribution in [1.29, 1.82) is 0 Å². The predicted molar refractivity (Wildman–Crippen MR) is 326 cm³/mol. The molecular weight excluding hydrogens is 957 g/mol. The molecule has 3 heterocycles. The van der Waals surface area contributed by atoms with Crippen LogP contribution in [0.4, 0.5) is 0 Å². The highest BCUT2D eigenvalue weighted by Crippen LogP contribution is 2.62. The Morgan fingerprint density at radius 1 is 0.316 bits per heavy atom. The molecule has 14 aromatic rings. The summed E-state index contributed by atoms with van der Waals surface area (Å²) in [7, 11) is 0. The first-order chi connectivity index (χ1) is 39.0. The van der Waals surface area contributed by atoms with Crippen LogP contribution in [-0.4, -0.2) is 19.5 Å². The summed E-state index contributed by atoms with van der Waals surface area (Å²) in [6, 6.07) is 99.0. The lowest BCUT2D eigenvalue weighted by Gasteiger charge is -2.31. The van der Waals surface area contributed by atoms with Crippen molar-refractivity contribution in [2.45, 2.75) is 12.3 Å². The van der Waals surface area contributed by atoms with Gasteiger partial charge in [0, 0.05) is 44.0 Å². The molecule has 4 heteroatoms. The first-order valence-electron chi connectivity index (χ1n) is 27.2. The molecule has 0 bridgehead atoms. The van der Waals surface area contributed by atoms with Gasteiger partial charge in [0.15, 0.2) is 17.5 Å². The van der Waals surface area contributed by atoms with Crippen LogP contribution in [0.1, 0.15) is 23.6 Å². The van der Waals surface area contributed by atoms with Gasteiger partial charge in [-0.25, -0.2) is 15.0 Å². The van der Waals surface area contributed by atoms with Crippen molar-refractivity contribution in [2.75, 3.05) is 0 Å². The van der Waals surface area contributed by atoms with E-state index in [4.69, 9.17) is 15.0 Å². The standard InChI is InChI=1S/C75H48N4/c1-75(57-26-9-4-10-27-57)65-33-19-32-61-59-29-15-17-34-66(59)79-67-35-18-16-30-60(67)64-46-63(70(75)69(68(61)65)71(64)79)51-39-37-50(38-40-51)58-28-13-14-31-62(58)74-77-72(53-41-36-49-24-11-12-25-52(49)42-53)76-73(78-74)56-44-54(47-20-5-2-6-21-47)43-55(45-56)48-22-7-3-8-23-48/h2-46H,1H3. The van der Waals surface area contributed by atoms with Crippen LogP contribution in [0.25, 0.3) is 139 Å². The van der Waals surface area contributed by atoms with Gasteiger partial charge in [-0.3, -0.25) is 0 Å². The van der Waals surface area contributed by atoms with Crippen LogP contribution in [0.5, 0.6) is 0 Å². The van der Waals surface area contributed by atoms with Crippen molar-refractivity contribution in [3.8, 4) is 107 Å². The highest BCUT2D eigenvalue weighted by atomic mass is 15.0. The van der Waals surface area contributed by atoms with Crippen molar-refractivity contribution in [2.24, 2.45) is 0 Å². The smallest absolute Gasteiger partial charge is 0.164 e. The lowest BCUT2D eigenvalue weighted by atomic mass is 9.71. The number of benzene rings is 12. The van der Waals surface area contributed by atoms with E-state index in [0.717, 1.165) is 66.4 Å². The minimum absolute atomic E-state index is 0.452. The molecule has 0 N–H and O–H groups in total. The number of aromatic nitrogens is 4. The highest BCUT2D eigenvalue weighted by Gasteiger charge is 2.46. The second-order valence-corrected chi connectivity index (χ2v) is 21.2. The molecule has 0 fully saturated rings. The molecule has 368 valence electrons. The Hall–Kier alpha value is -10.3. The van der Waals surface area contributed by atoms with Gasteiger partial charge < -0.3 is 4.57 Å². The third-order valence-corrected chi connectivity index (χ3v) is 16.8. The quantitative estimate of drug-likeness (QED) is 0.152. The van der Waals surface area contributed by atoms with Crippen LogP contribution in [0.3, 0.4) is 0 Å². The maximum Gasteiger partial charge on any atom is 0.164 e. The number of rotatable bonds is 8. The van der Waals surface area contributed by atoms with Gasteiger partial charge in [-0.1, -0.05) is 231 Å². The Balaban J connectivity index is 0.890. The van der Waals surface area contributed by atoms with E-state index in [9.17, 15) is 0 Å². The molecule has 0 amide bonds. The van der Waals surface area contributed by atoms with E-state index in [1.54, 1.807) is 0 Å². The molecule has 1 atom stereocenters. The molecule has 1 unspecified atom stereocenters. The molecule has 12 aromatic carbocycles. The van der Waals surface area contributed by atoms with E-state index in [1.165, 1.54) is 72.0 Å². The van der Waals surface area contributed by atoms with Crippen LogP contribution in [0.15, 0.2) is 273 Å². The molecular formula is C75H48N4. The van der Waals surface area contributed by atoms with Crippen LogP contribution in [-0.2, 0) is 5.41 Å². The minimum atomic E-state index is -0.452. The first-order valence-corrected chi connectivity index (χ1v) is 27.2. The van der Waals surface area contributed by atoms with Crippen molar-refractivity contribution in [3.05, 3.63) is 290 Å². The van der Waals surface area contributed by atoms with Crippen LogP contribution < -0.4 is 0 Å². The molecule has 0 saturated carbocycles. The zero-order valence-electron chi connectivity index (χ0n) is 43.3. The van der Waals surface area contributed by atoms with Crippen molar-refractivity contribution < 1.29 is 0 Å². The number of para-hydroxylation sites is 2. The molecule has 79 heavy (non-hydrogen) atoms. The fourth-order valence-corrected chi connectivity index (χ4v) is 13.1. The van der Waals surface area contributed by atoms with Crippen molar-refractivity contribution >= 4 is 32.6 Å². The number of hydrogen-bond acceptors (Lipinski definition) is 3. The van der Waals surface area contributed by atoms with Crippen molar-refractivity contribution in [1.82, 2.24) is 19.5 Å². The number of hydrogen-bond donors (Lipinski definition) is 0. The van der Waals surface area contributed by atoms with Crippen LogP contribution >= 0.6 is 0 Å². The van der Waals surface area contributed by atoms with Gasteiger partial charge in [0.2, 0.25) is 0 Å². The largest absolute Gasteiger partial charge is 0.308 e. The monoisotopic (exact) mass is 1000 g/mol. The Kier molecular flexibility index (Phi) is 10.0. The second-order valence-electron chi connectivity index (χ2n) is 21.2. The van der Waals surface area contributed by atoms with Gasteiger partial charge in [0.05, 0.1) is 16.7 Å². The van der Waals surface area contributed by atoms with E-state index >= 15 is 0 Å². The lowest BCUT2D eigenvalue weighted by Crippen LogP contribution is -2.23. The number of fused-ring (bicyclic) bond motifs is 7. The minimum Gasteiger partial charge on any atom is -0.308 e. The maximum atomic E-state index is 5.45. The summed E-state index contributed by atoms with van der Waals surface area (Å²) in [6.45, 7) is 2.45. The fraction of sp³-hybridized carbons (Fsp3) is 0.0267. The average molecular weight is 1010 g/mol. The molecule has 0 radical (unpaired) electrons. The lowest BCUT2D eigenvalue weighted by molar-refractivity contribution is 0.716. The predicted octanol–water partition coefficient (Wildman–Crippen LogP) is 19.1. The van der Waals surface area contributed by atoms with E-state index < -0.39 is 5.41 Å². The number of nitrogens with zero attached hydrogens (tertiary/aromatic N) is 4. The van der Waals surface area contributed by atoms with E-state index in [1.807, 2.05) is 0 Å². The molecule has 0 saturated heterocycles. The topological polar surface area (TPSA) is 43.6 Å². The SMILES string of the molecule is CC1(c2ccccc2)c2cccc3c2-c2c1c(-c1ccc(-c4ccccc4-c4nc(-c5cc(-c6ccccc6)cc(-c6ccccc6)c5)nc(-c5ccc6ccccc6c5)n4)cc1)cc1c4ccccc4n(c21)-c1ccccc1-3. The van der Waals surface area contributed by atoms with Gasteiger partial charge in [-0.05, 0) is 132 Å². The normalized spacial score (nSPS) is 13.9. The summed E-state index contributed by atoms with van der Waals surface area (Å²) in [6.07, 6.45) is 0. The summed E-state index contributed by atoms with van der Waals surface area (Å²) in [4.78, 5) is 16.2. The van der Waals surface area contributed by atoms with E-state index in [-0.39, 0.29) is 0 Å². The zero-order valence-corrected chi connectivity index (χ0v) is 43.3. The Bertz CT molecular complexity index is 4710. The summed E-state index contributed by atoms with van der Waals surface area (Å²) >= 11 is 0. The summed E-state index contributed by atoms with van der Waals surface area (Å²) in [5.41, 5.74) is 24.1. The van der Waals surface area contributed by atoms with E-state index in [2.05, 4.69) is 284 Å². The summed E-state index contributed by atoms with van der Waals surface area (Å²) in [5, 5.41) is 4.80. The van der Waals surface area contributed by atoms with Crippen LogP contribution in [0.2, 0.25) is 0 Å². The van der Waals surface area contributed by atoms with E-state index in [0.29, 0.717) is 17.5 Å². The Morgan fingerprint density at radius 2 is 0.861 bits per heavy atom. The maximum absolute atomic E-state index is 5.45. The fourth-order valence-electron chi connectivity index (χ4n) is 13.1.